The number of ether oxygens (including phenoxy) is 2. The number of amidine groups is 1. The van der Waals surface area contributed by atoms with Crippen LogP contribution in [0.2, 0.25) is 0 Å². The molecule has 0 bridgehead atoms. The van der Waals surface area contributed by atoms with E-state index >= 15 is 0 Å². The van der Waals surface area contributed by atoms with E-state index < -0.39 is 0 Å². The van der Waals surface area contributed by atoms with Gasteiger partial charge in [0.05, 0.1) is 17.6 Å². The standard InChI is InChI=1S/3C7H12N2O.2C7H12N2S.C6H10N2OS.C6H12O2.C5H10N4.2CH4/c1-5-8-9-6(10-5)7(2,3)4;1-5-8-6(9-10-5)7(2,3)4;1-5-8-6(10-9-5)7(2,3)4;1-5-8-9-6(10-5)7(2,3)4;1-5-8-6(10-9-5)7(2,3)4;1-6(2,3)4-7-5(9)10-8-4;1-6(2,3)5(7)8-4;1-5(2,3)4-6-8-9-7-4;;/h8H,1H2,2-4H3;1H2,2-4H3,(H,8,9);9H,1H2,2-4H3;8H,1H2,2-4H3;9H,1H2,2-4H3;1-3H3,(H,7,8,9);1-4H3;1-3H3,(H,6,7,8,9);2*1H4. The van der Waals surface area contributed by atoms with Crippen LogP contribution in [0.3, 0.4) is 0 Å². The molecule has 2 aromatic heterocycles. The van der Waals surface area contributed by atoms with Gasteiger partial charge in [0.15, 0.2) is 11.6 Å². The second kappa shape index (κ2) is 31.7. The van der Waals surface area contributed by atoms with Crippen molar-refractivity contribution < 1.29 is 23.9 Å². The van der Waals surface area contributed by atoms with Gasteiger partial charge in [0, 0.05) is 61.4 Å². The molecule has 0 fully saturated rings. The topological polar surface area (TPSA) is 276 Å². The number of H-pyrrole nitrogens is 2. The molecule has 0 unspecified atom stereocenters. The van der Waals surface area contributed by atoms with Crippen LogP contribution in [0.4, 0.5) is 0 Å². The highest BCUT2D eigenvalue weighted by molar-refractivity contribution is 8.17. The van der Waals surface area contributed by atoms with E-state index in [1.54, 1.807) is 23.7 Å². The Balaban J connectivity index is -0.000000834. The Morgan fingerprint density at radius 1 is 0.595 bits per heavy atom. The number of hydrogen-bond donors (Lipinski definition) is 7. The Morgan fingerprint density at radius 2 is 1.14 bits per heavy atom. The summed E-state index contributed by atoms with van der Waals surface area (Å²) in [6, 6.07) is 0. The van der Waals surface area contributed by atoms with Gasteiger partial charge in [-0.15, -0.1) is 15.3 Å². The molecule has 0 aromatic carbocycles. The number of rotatable bonds is 0. The van der Waals surface area contributed by atoms with E-state index in [0.29, 0.717) is 29.4 Å². The first-order valence-corrected chi connectivity index (χ1v) is 26.9. The first-order chi connectivity index (χ1) is 34.6. The van der Waals surface area contributed by atoms with Crippen molar-refractivity contribution in [2.45, 2.75) is 192 Å². The lowest BCUT2D eigenvalue weighted by atomic mass is 9.95. The van der Waals surface area contributed by atoms with E-state index in [4.69, 9.17) is 14.4 Å². The number of hydroxylamine groups is 2. The molecule has 7 heterocycles. The molecule has 450 valence electrons. The lowest BCUT2D eigenvalue weighted by molar-refractivity contribution is -0.149. The number of tetrazole rings is 1. The predicted octanol–water partition coefficient (Wildman–Crippen LogP) is 12.7. The molecule has 2 aromatic rings. The van der Waals surface area contributed by atoms with Crippen LogP contribution in [0.1, 0.15) is 193 Å². The summed E-state index contributed by atoms with van der Waals surface area (Å²) in [5.41, 5.74) is 10.6. The van der Waals surface area contributed by atoms with Crippen molar-refractivity contribution in [3.05, 3.63) is 82.6 Å². The summed E-state index contributed by atoms with van der Waals surface area (Å²) in [5.74, 6) is 5.84. The minimum atomic E-state index is -0.352. The Morgan fingerprint density at radius 3 is 1.32 bits per heavy atom. The van der Waals surface area contributed by atoms with Gasteiger partial charge in [0.2, 0.25) is 23.6 Å². The highest BCUT2D eigenvalue weighted by Crippen LogP contribution is 2.31. The van der Waals surface area contributed by atoms with Gasteiger partial charge in [0.1, 0.15) is 27.6 Å². The number of nitrogens with one attached hydrogen (secondary N) is 7. The molecule has 7 rings (SSSR count). The summed E-state index contributed by atoms with van der Waals surface area (Å²) in [5, 5.41) is 24.7. The quantitative estimate of drug-likeness (QED) is 0.0954. The van der Waals surface area contributed by atoms with Gasteiger partial charge < -0.3 is 23.9 Å². The zero-order chi connectivity index (χ0) is 60.3. The van der Waals surface area contributed by atoms with Crippen molar-refractivity contribution in [3.8, 4) is 0 Å². The fourth-order valence-electron chi connectivity index (χ4n) is 4.32. The first kappa shape index (κ1) is 77.3. The largest absolute Gasteiger partial charge is 0.469 e. The molecule has 7 N–H and O–H groups in total. The van der Waals surface area contributed by atoms with Crippen LogP contribution >= 0.6 is 35.2 Å². The summed E-state index contributed by atoms with van der Waals surface area (Å²) >= 11 is 4.14. The number of methoxy groups -OCH3 is 1. The van der Waals surface area contributed by atoms with Crippen LogP contribution < -0.4 is 31.4 Å². The molecule has 79 heavy (non-hydrogen) atoms. The summed E-state index contributed by atoms with van der Waals surface area (Å²) < 4.78 is 16.6. The smallest absolute Gasteiger partial charge is 0.323 e. The molecule has 0 atom stereocenters. The molecule has 5 aliphatic heterocycles. The number of aromatic nitrogens is 6. The first-order valence-electron chi connectivity index (χ1n) is 24.5. The van der Waals surface area contributed by atoms with Crippen LogP contribution in [0.5, 0.6) is 0 Å². The minimum absolute atomic E-state index is 0. The summed E-state index contributed by atoms with van der Waals surface area (Å²) in [6.07, 6.45) is 0. The summed E-state index contributed by atoms with van der Waals surface area (Å²) in [7, 11) is 1.40. The van der Waals surface area contributed by atoms with E-state index in [9.17, 15) is 9.59 Å². The zero-order valence-corrected chi connectivity index (χ0v) is 53.2. The molecular weight excluding hydrogens is 1060 g/mol. The zero-order valence-electron chi connectivity index (χ0n) is 50.7. The SMILES string of the molecule is C.C.C=C1N=C(C(C)(C)C)NO1.C=C1N=C(C(C)(C)C)ON1.C=C1N=C(C(C)(C)C)SN1.C=C1NN=C(C(C)(C)C)O1.C=C1NN=C(C(C)(C)C)S1.CC(C)(C)c1nn[nH]n1.CC(C)(C)c1nsc(=O)[nH]1.COC(=O)C(C)(C)C. The molecule has 0 aliphatic carbocycles. The van der Waals surface area contributed by atoms with E-state index in [2.05, 4.69) is 182 Å². The van der Waals surface area contributed by atoms with Crippen molar-refractivity contribution in [2.75, 3.05) is 7.11 Å². The Labute approximate surface area is 486 Å². The van der Waals surface area contributed by atoms with Gasteiger partial charge in [-0.25, -0.2) is 21.4 Å². The molecule has 5 aliphatic rings. The highest BCUT2D eigenvalue weighted by Gasteiger charge is 2.28. The Bertz CT molecular complexity index is 2370. The third-order valence-electron chi connectivity index (χ3n) is 8.75. The number of esters is 1. The highest BCUT2D eigenvalue weighted by atomic mass is 32.2. The number of aromatic amines is 2. The van der Waals surface area contributed by atoms with Crippen LogP contribution in [-0.2, 0) is 34.8 Å². The minimum Gasteiger partial charge on any atom is -0.469 e. The molecule has 0 radical (unpaired) electrons. The molecule has 0 amide bonds. The Hall–Kier alpha value is -5.95. The number of carbonyl (C=O) groups excluding carboxylic acids is 1. The van der Waals surface area contributed by atoms with E-state index in [1.807, 2.05) is 104 Å². The number of aliphatic imine (C=N–C) groups is 3. The van der Waals surface area contributed by atoms with Gasteiger partial charge in [0.25, 0.3) is 0 Å². The van der Waals surface area contributed by atoms with Crippen molar-refractivity contribution >= 4 is 68.9 Å². The number of thioether (sulfide) groups is 1. The van der Waals surface area contributed by atoms with Gasteiger partial charge in [-0.2, -0.15) is 24.7 Å². The molecule has 0 saturated carbocycles. The van der Waals surface area contributed by atoms with E-state index in [1.165, 1.54) is 7.11 Å². The van der Waals surface area contributed by atoms with Crippen LogP contribution in [0, 0.1) is 32.5 Å². The van der Waals surface area contributed by atoms with Gasteiger partial charge in [-0.05, 0) is 33.9 Å². The maximum atomic E-state index is 10.6. The second-order valence-electron chi connectivity index (χ2n) is 25.5. The van der Waals surface area contributed by atoms with Crippen molar-refractivity contribution in [2.24, 2.45) is 57.7 Å². The van der Waals surface area contributed by atoms with Crippen molar-refractivity contribution in [1.82, 2.24) is 56.5 Å². The van der Waals surface area contributed by atoms with Gasteiger partial charge in [-0.1, -0.05) is 197 Å². The van der Waals surface area contributed by atoms with Crippen LogP contribution in [-0.4, -0.2) is 70.8 Å². The average molecular weight is 1170 g/mol. The molecule has 25 heteroatoms. The molecule has 0 spiro atoms. The number of hydrazone groups is 2. The van der Waals surface area contributed by atoms with E-state index in [0.717, 1.165) is 50.0 Å². The number of nitrogens with zero attached hydrogens (tertiary/aromatic N) is 9. The molecular formula is C54H100N16O6S3. The van der Waals surface area contributed by atoms with Crippen molar-refractivity contribution in [1.29, 1.82) is 0 Å². The summed E-state index contributed by atoms with van der Waals surface area (Å²) in [4.78, 5) is 46.0. The monoisotopic (exact) mass is 1160 g/mol. The third kappa shape index (κ3) is 32.0. The predicted molar refractivity (Wildman–Crippen MR) is 334 cm³/mol. The fourth-order valence-corrected chi connectivity index (χ4v) is 6.40. The third-order valence-corrected chi connectivity index (χ3v) is 11.8. The van der Waals surface area contributed by atoms with Gasteiger partial charge >= 0.3 is 10.8 Å². The van der Waals surface area contributed by atoms with Crippen LogP contribution in [0.15, 0.2) is 91.3 Å². The van der Waals surface area contributed by atoms with Gasteiger partial charge in [-0.3, -0.25) is 20.0 Å². The molecule has 22 nitrogen and oxygen atoms in total. The lowest BCUT2D eigenvalue weighted by Crippen LogP contribution is -2.30. The van der Waals surface area contributed by atoms with Crippen molar-refractivity contribution in [3.63, 3.8) is 0 Å². The molecule has 0 saturated heterocycles. The lowest BCUT2D eigenvalue weighted by Gasteiger charge is -2.16. The average Bonchev–Trinajstić information content (AvgIpc) is 4.10. The van der Waals surface area contributed by atoms with E-state index in [-0.39, 0.29) is 69.0 Å². The number of carbonyl (C=O) groups is 1. The maximum absolute atomic E-state index is 10.6. The summed E-state index contributed by atoms with van der Waals surface area (Å²) in [6.45, 7) is 67.0. The second-order valence-corrected chi connectivity index (χ2v) is 28.1. The Kier molecular flexibility index (Phi) is 31.0. The number of hydrogen-bond acceptors (Lipinski definition) is 23. The fraction of sp³-hybridized carbons (Fsp3) is 0.648. The normalized spacial score (nSPS) is 15.5. The van der Waals surface area contributed by atoms with Crippen LogP contribution in [0.25, 0.3) is 0 Å². The maximum Gasteiger partial charge on any atom is 0.323 e.